The molecule has 0 aromatic carbocycles. The van der Waals surface area contributed by atoms with Crippen LogP contribution in [0.3, 0.4) is 0 Å². The van der Waals surface area contributed by atoms with E-state index in [-0.39, 0.29) is 50.6 Å². The fourth-order valence-corrected chi connectivity index (χ4v) is 5.74. The van der Waals surface area contributed by atoms with E-state index in [1.54, 1.807) is 0 Å². The number of rotatable bonds is 0. The molecule has 4 N–H and O–H groups in total. The van der Waals surface area contributed by atoms with E-state index in [0.29, 0.717) is 0 Å². The fourth-order valence-electron chi connectivity index (χ4n) is 5.74. The van der Waals surface area contributed by atoms with Gasteiger partial charge in [-0.3, -0.25) is 0 Å². The summed E-state index contributed by atoms with van der Waals surface area (Å²) < 4.78 is 0. The van der Waals surface area contributed by atoms with E-state index in [1.807, 2.05) is 0 Å². The molecule has 0 atom stereocenters. The number of aliphatic hydroxyl groups is 4. The summed E-state index contributed by atoms with van der Waals surface area (Å²) in [6.45, 7) is 0. The van der Waals surface area contributed by atoms with Crippen molar-refractivity contribution in [2.75, 3.05) is 0 Å². The van der Waals surface area contributed by atoms with Gasteiger partial charge in [0.2, 0.25) is 0 Å². The van der Waals surface area contributed by atoms with Crippen molar-refractivity contribution >= 4 is 0 Å². The third-order valence-electron chi connectivity index (χ3n) is 8.30. The smallest absolute Gasteiger partial charge is 0.0540 e. The van der Waals surface area contributed by atoms with Gasteiger partial charge in [-0.05, 0) is 51.4 Å². The summed E-state index contributed by atoms with van der Waals surface area (Å²) in [7, 11) is 0. The fraction of sp³-hybridized carbons (Fsp3) is 1.00. The van der Waals surface area contributed by atoms with Crippen molar-refractivity contribution in [1.29, 1.82) is 0 Å². The average molecular weight is 604 g/mol. The zero-order valence-electron chi connectivity index (χ0n) is 24.4. The second-order valence-corrected chi connectivity index (χ2v) is 12.0. The monoisotopic (exact) mass is 602 g/mol. The molecule has 0 radical (unpaired) electrons. The molecule has 0 bridgehead atoms. The third kappa shape index (κ3) is 26.7. The second kappa shape index (κ2) is 28.3. The van der Waals surface area contributed by atoms with Crippen LogP contribution in [-0.4, -0.2) is 44.8 Å². The zero-order chi connectivity index (χ0) is 26.1. The van der Waals surface area contributed by atoms with Gasteiger partial charge in [-0.15, -0.1) is 0 Å². The van der Waals surface area contributed by atoms with Crippen LogP contribution in [-0.2, 0) is 26.2 Å². The summed E-state index contributed by atoms with van der Waals surface area (Å²) in [5, 5.41) is 36.9. The second-order valence-electron chi connectivity index (χ2n) is 12.0. The predicted molar refractivity (Wildman–Crippen MR) is 153 cm³/mol. The largest absolute Gasteiger partial charge is 0.393 e. The minimum atomic E-state index is 0. The molecule has 0 unspecified atom stereocenters. The Balaban J connectivity index is 0.000000463. The Labute approximate surface area is 249 Å². The Kier molecular flexibility index (Phi) is 28.8. The molecule has 4 saturated carbocycles. The molecule has 0 aromatic rings. The van der Waals surface area contributed by atoms with E-state index in [1.165, 1.54) is 128 Å². The van der Waals surface area contributed by atoms with Crippen LogP contribution in [0.5, 0.6) is 0 Å². The van der Waals surface area contributed by atoms with Crippen molar-refractivity contribution in [1.82, 2.24) is 0 Å². The molecule has 0 spiro atoms. The summed E-state index contributed by atoms with van der Waals surface area (Å²) in [5.74, 6) is 0. The first-order valence-corrected chi connectivity index (χ1v) is 16.3. The summed E-state index contributed by atoms with van der Waals surface area (Å²) in [6.07, 6.45) is 34.5. The third-order valence-corrected chi connectivity index (χ3v) is 8.30. The van der Waals surface area contributed by atoms with Crippen LogP contribution in [0, 0.1) is 0 Å². The van der Waals surface area contributed by atoms with Crippen LogP contribution < -0.4 is 0 Å². The normalized spacial score (nSPS) is 24.3. The van der Waals surface area contributed by atoms with Gasteiger partial charge in [0, 0.05) is 26.2 Å². The molecular weight excluding hydrogens is 540 g/mol. The molecular formula is C32H64O4Zr. The van der Waals surface area contributed by atoms with Crippen LogP contribution >= 0.6 is 0 Å². The molecule has 0 aliphatic heterocycles. The van der Waals surface area contributed by atoms with Crippen molar-refractivity contribution < 1.29 is 46.6 Å². The molecule has 4 aliphatic carbocycles. The van der Waals surface area contributed by atoms with Gasteiger partial charge in [-0.1, -0.05) is 128 Å². The summed E-state index contributed by atoms with van der Waals surface area (Å²) >= 11 is 0. The van der Waals surface area contributed by atoms with Gasteiger partial charge < -0.3 is 20.4 Å². The van der Waals surface area contributed by atoms with Crippen LogP contribution in [0.4, 0.5) is 0 Å². The van der Waals surface area contributed by atoms with Crippen molar-refractivity contribution in [2.24, 2.45) is 0 Å². The van der Waals surface area contributed by atoms with Crippen LogP contribution in [0.25, 0.3) is 0 Å². The minimum Gasteiger partial charge on any atom is -0.393 e. The van der Waals surface area contributed by atoms with Crippen LogP contribution in [0.2, 0.25) is 0 Å². The van der Waals surface area contributed by atoms with Gasteiger partial charge in [0.25, 0.3) is 0 Å². The van der Waals surface area contributed by atoms with Gasteiger partial charge in [0.05, 0.1) is 24.4 Å². The molecule has 0 heterocycles. The molecule has 4 rings (SSSR count). The molecule has 0 saturated heterocycles. The predicted octanol–water partition coefficient (Wildman–Crippen LogP) is 8.36. The van der Waals surface area contributed by atoms with E-state index < -0.39 is 0 Å². The topological polar surface area (TPSA) is 80.9 Å². The standard InChI is InChI=1S/4C8H16O.Zr/c4*9-8-6-4-2-1-3-5-7-8;/h4*8-9H,1-7H2;. The first kappa shape index (κ1) is 37.7. The molecule has 0 aromatic heterocycles. The molecule has 4 fully saturated rings. The SMILES string of the molecule is OC1CCCCCCC1.OC1CCCCCCC1.OC1CCCCCCC1.OC1CCCCCCC1.[Zr]. The molecule has 37 heavy (non-hydrogen) atoms. The van der Waals surface area contributed by atoms with Crippen LogP contribution in [0.15, 0.2) is 0 Å². The van der Waals surface area contributed by atoms with E-state index in [2.05, 4.69) is 0 Å². The van der Waals surface area contributed by atoms with Gasteiger partial charge in [-0.2, -0.15) is 0 Å². The number of aliphatic hydroxyl groups excluding tert-OH is 4. The molecule has 4 nitrogen and oxygen atoms in total. The van der Waals surface area contributed by atoms with Gasteiger partial charge >= 0.3 is 0 Å². The summed E-state index contributed by atoms with van der Waals surface area (Å²) in [5.41, 5.74) is 0. The first-order valence-electron chi connectivity index (χ1n) is 16.3. The van der Waals surface area contributed by atoms with E-state index >= 15 is 0 Å². The molecule has 4 aliphatic rings. The zero-order valence-corrected chi connectivity index (χ0v) is 26.9. The van der Waals surface area contributed by atoms with E-state index in [0.717, 1.165) is 51.4 Å². The first-order chi connectivity index (χ1) is 17.6. The van der Waals surface area contributed by atoms with Crippen LogP contribution in [0.1, 0.15) is 180 Å². The summed E-state index contributed by atoms with van der Waals surface area (Å²) in [4.78, 5) is 0. The number of hydrogen-bond acceptors (Lipinski definition) is 4. The van der Waals surface area contributed by atoms with Gasteiger partial charge in [0.1, 0.15) is 0 Å². The van der Waals surface area contributed by atoms with Gasteiger partial charge in [-0.25, -0.2) is 0 Å². The Morgan fingerprint density at radius 3 is 0.459 bits per heavy atom. The van der Waals surface area contributed by atoms with E-state index in [9.17, 15) is 20.4 Å². The maximum Gasteiger partial charge on any atom is 0.0540 e. The maximum atomic E-state index is 9.21. The number of hydrogen-bond donors (Lipinski definition) is 4. The molecule has 5 heteroatoms. The van der Waals surface area contributed by atoms with E-state index in [4.69, 9.17) is 0 Å². The Morgan fingerprint density at radius 2 is 0.324 bits per heavy atom. The minimum absolute atomic E-state index is 0. The van der Waals surface area contributed by atoms with Crippen molar-refractivity contribution in [2.45, 2.75) is 204 Å². The Bertz CT molecular complexity index is 339. The van der Waals surface area contributed by atoms with Crippen molar-refractivity contribution in [3.05, 3.63) is 0 Å². The Morgan fingerprint density at radius 1 is 0.216 bits per heavy atom. The quantitative estimate of drug-likeness (QED) is 0.224. The maximum absolute atomic E-state index is 9.21. The summed E-state index contributed by atoms with van der Waals surface area (Å²) in [6, 6.07) is 0. The van der Waals surface area contributed by atoms with Crippen molar-refractivity contribution in [3.63, 3.8) is 0 Å². The Hall–Kier alpha value is 0.723. The van der Waals surface area contributed by atoms with Crippen molar-refractivity contribution in [3.8, 4) is 0 Å². The average Bonchev–Trinajstić information content (AvgIpc) is 2.80. The molecule has 0 amide bonds. The van der Waals surface area contributed by atoms with Gasteiger partial charge in [0.15, 0.2) is 0 Å². The molecule has 220 valence electrons.